The maximum Gasteiger partial charge on any atom is 0.246 e. The Hall–Kier alpha value is -1.84. The van der Waals surface area contributed by atoms with Crippen molar-refractivity contribution >= 4 is 11.8 Å². The second-order valence-corrected chi connectivity index (χ2v) is 5.66. The van der Waals surface area contributed by atoms with Gasteiger partial charge in [-0.2, -0.15) is 0 Å². The number of nitrogens with one attached hydrogen (secondary N) is 1. The maximum absolute atomic E-state index is 12.5. The van der Waals surface area contributed by atoms with E-state index in [1.165, 1.54) is 5.56 Å². The molecular formula is C17H24N2O2. The first kappa shape index (κ1) is 15.5. The summed E-state index contributed by atoms with van der Waals surface area (Å²) in [6.45, 7) is 6.29. The van der Waals surface area contributed by atoms with Crippen molar-refractivity contribution in [2.75, 3.05) is 6.54 Å². The van der Waals surface area contributed by atoms with Gasteiger partial charge in [-0.25, -0.2) is 0 Å². The van der Waals surface area contributed by atoms with E-state index >= 15 is 0 Å². The number of benzene rings is 1. The highest BCUT2D eigenvalue weighted by Crippen LogP contribution is 2.29. The van der Waals surface area contributed by atoms with Gasteiger partial charge in [0.2, 0.25) is 11.8 Å². The highest BCUT2D eigenvalue weighted by atomic mass is 16.2. The van der Waals surface area contributed by atoms with Crippen LogP contribution in [0.5, 0.6) is 0 Å². The minimum atomic E-state index is -0.696. The van der Waals surface area contributed by atoms with Gasteiger partial charge in [0.1, 0.15) is 11.6 Å². The quantitative estimate of drug-likeness (QED) is 0.902. The minimum Gasteiger partial charge on any atom is -0.343 e. The highest BCUT2D eigenvalue weighted by Gasteiger charge is 2.48. The molecule has 0 aliphatic carbocycles. The molecule has 1 saturated heterocycles. The fourth-order valence-electron chi connectivity index (χ4n) is 3.12. The molecule has 1 aliphatic rings. The predicted molar refractivity (Wildman–Crippen MR) is 82.8 cm³/mol. The third kappa shape index (κ3) is 2.80. The summed E-state index contributed by atoms with van der Waals surface area (Å²) in [4.78, 5) is 26.8. The van der Waals surface area contributed by atoms with Crippen LogP contribution in [0.1, 0.15) is 39.2 Å². The molecule has 1 aromatic rings. The normalized spacial score (nSPS) is 21.3. The van der Waals surface area contributed by atoms with E-state index in [1.807, 2.05) is 32.0 Å². The van der Waals surface area contributed by atoms with Gasteiger partial charge in [0, 0.05) is 6.54 Å². The Bertz CT molecular complexity index is 509. The first-order valence-corrected chi connectivity index (χ1v) is 7.71. The molecule has 1 aliphatic heterocycles. The molecule has 4 heteroatoms. The molecule has 2 rings (SSSR count). The summed E-state index contributed by atoms with van der Waals surface area (Å²) in [5.41, 5.74) is 0.489. The molecule has 1 fully saturated rings. The second kappa shape index (κ2) is 6.29. The van der Waals surface area contributed by atoms with Crippen LogP contribution in [0.25, 0.3) is 0 Å². The molecule has 21 heavy (non-hydrogen) atoms. The van der Waals surface area contributed by atoms with Crippen LogP contribution in [0.15, 0.2) is 30.3 Å². The fourth-order valence-corrected chi connectivity index (χ4v) is 3.12. The van der Waals surface area contributed by atoms with E-state index in [-0.39, 0.29) is 11.8 Å². The fraction of sp³-hybridized carbons (Fsp3) is 0.529. The zero-order valence-corrected chi connectivity index (χ0v) is 13.1. The average molecular weight is 288 g/mol. The molecule has 2 amide bonds. The van der Waals surface area contributed by atoms with Gasteiger partial charge in [0.05, 0.1) is 0 Å². The number of hydrogen-bond donors (Lipinski definition) is 1. The van der Waals surface area contributed by atoms with E-state index in [0.29, 0.717) is 19.4 Å². The van der Waals surface area contributed by atoms with Gasteiger partial charge in [-0.15, -0.1) is 0 Å². The average Bonchev–Trinajstić information content (AvgIpc) is 2.51. The maximum atomic E-state index is 12.5. The van der Waals surface area contributed by atoms with Crippen LogP contribution in [0.2, 0.25) is 0 Å². The number of carbonyl (C=O) groups is 2. The summed E-state index contributed by atoms with van der Waals surface area (Å²) >= 11 is 0. The third-order valence-electron chi connectivity index (χ3n) is 4.56. The van der Waals surface area contributed by atoms with E-state index < -0.39 is 11.6 Å². The number of nitrogens with zero attached hydrogens (tertiary/aromatic N) is 1. The van der Waals surface area contributed by atoms with Gasteiger partial charge in [-0.05, 0) is 31.7 Å². The van der Waals surface area contributed by atoms with Crippen molar-refractivity contribution in [1.29, 1.82) is 0 Å². The van der Waals surface area contributed by atoms with Crippen molar-refractivity contribution in [2.45, 2.75) is 51.6 Å². The lowest BCUT2D eigenvalue weighted by Crippen LogP contribution is -2.69. The summed E-state index contributed by atoms with van der Waals surface area (Å²) in [7, 11) is 0. The Labute approximate surface area is 126 Å². The molecular weight excluding hydrogens is 264 g/mol. The SMILES string of the molecule is CCC1(CC)C(=O)NC(C)C(=O)N1CCc1ccccc1. The molecule has 1 aromatic carbocycles. The van der Waals surface area contributed by atoms with Gasteiger partial charge in [0.15, 0.2) is 0 Å². The number of amides is 2. The second-order valence-electron chi connectivity index (χ2n) is 5.66. The molecule has 1 heterocycles. The van der Waals surface area contributed by atoms with Crippen LogP contribution in [-0.2, 0) is 16.0 Å². The van der Waals surface area contributed by atoms with Crippen LogP contribution in [0.4, 0.5) is 0 Å². The van der Waals surface area contributed by atoms with Crippen molar-refractivity contribution < 1.29 is 9.59 Å². The van der Waals surface area contributed by atoms with E-state index in [1.54, 1.807) is 11.8 Å². The molecule has 0 saturated carbocycles. The number of hydrogen-bond acceptors (Lipinski definition) is 2. The Morgan fingerprint density at radius 3 is 2.33 bits per heavy atom. The van der Waals surface area contributed by atoms with Crippen molar-refractivity contribution in [2.24, 2.45) is 0 Å². The van der Waals surface area contributed by atoms with Crippen LogP contribution in [0.3, 0.4) is 0 Å². The number of rotatable bonds is 5. The molecule has 0 bridgehead atoms. The Morgan fingerprint density at radius 2 is 1.76 bits per heavy atom. The van der Waals surface area contributed by atoms with Gasteiger partial charge >= 0.3 is 0 Å². The molecule has 1 N–H and O–H groups in total. The van der Waals surface area contributed by atoms with Crippen LogP contribution in [-0.4, -0.2) is 34.8 Å². The molecule has 0 aromatic heterocycles. The van der Waals surface area contributed by atoms with E-state index in [2.05, 4.69) is 17.4 Å². The number of carbonyl (C=O) groups excluding carboxylic acids is 2. The molecule has 4 nitrogen and oxygen atoms in total. The standard InChI is InChI=1S/C17H24N2O2/c1-4-17(5-2)16(21)18-13(3)15(20)19(17)12-11-14-9-7-6-8-10-14/h6-10,13H,4-5,11-12H2,1-3H3,(H,18,21). The van der Waals surface area contributed by atoms with Gasteiger partial charge < -0.3 is 10.2 Å². The number of piperazine rings is 1. The lowest BCUT2D eigenvalue weighted by Gasteiger charge is -2.47. The van der Waals surface area contributed by atoms with Gasteiger partial charge in [-0.3, -0.25) is 9.59 Å². The van der Waals surface area contributed by atoms with Gasteiger partial charge in [0.25, 0.3) is 0 Å². The Balaban J connectivity index is 2.22. The topological polar surface area (TPSA) is 49.4 Å². The summed E-state index contributed by atoms with van der Waals surface area (Å²) in [5.74, 6) is 0.00175. The predicted octanol–water partition coefficient (Wildman–Crippen LogP) is 2.13. The Morgan fingerprint density at radius 1 is 1.14 bits per heavy atom. The molecule has 114 valence electrons. The molecule has 1 unspecified atom stereocenters. The zero-order chi connectivity index (χ0) is 15.5. The minimum absolute atomic E-state index is 0.0207. The van der Waals surface area contributed by atoms with Gasteiger partial charge in [-0.1, -0.05) is 44.2 Å². The van der Waals surface area contributed by atoms with E-state index in [4.69, 9.17) is 0 Å². The lowest BCUT2D eigenvalue weighted by molar-refractivity contribution is -0.157. The van der Waals surface area contributed by atoms with E-state index in [9.17, 15) is 9.59 Å². The van der Waals surface area contributed by atoms with Crippen molar-refractivity contribution in [3.63, 3.8) is 0 Å². The summed E-state index contributed by atoms with van der Waals surface area (Å²) in [6, 6.07) is 9.65. The summed E-state index contributed by atoms with van der Waals surface area (Å²) < 4.78 is 0. The first-order chi connectivity index (χ1) is 10.0. The Kier molecular flexibility index (Phi) is 4.66. The molecule has 0 radical (unpaired) electrons. The highest BCUT2D eigenvalue weighted by molar-refractivity contribution is 5.99. The van der Waals surface area contributed by atoms with Crippen molar-refractivity contribution in [3.8, 4) is 0 Å². The van der Waals surface area contributed by atoms with E-state index in [0.717, 1.165) is 6.42 Å². The van der Waals surface area contributed by atoms with Crippen LogP contribution < -0.4 is 5.32 Å². The largest absolute Gasteiger partial charge is 0.343 e. The van der Waals surface area contributed by atoms with Crippen LogP contribution >= 0.6 is 0 Å². The van der Waals surface area contributed by atoms with Crippen molar-refractivity contribution in [3.05, 3.63) is 35.9 Å². The summed E-state index contributed by atoms with van der Waals surface area (Å²) in [6.07, 6.45) is 2.06. The van der Waals surface area contributed by atoms with Crippen LogP contribution in [0, 0.1) is 0 Å². The first-order valence-electron chi connectivity index (χ1n) is 7.71. The smallest absolute Gasteiger partial charge is 0.246 e. The molecule has 1 atom stereocenters. The third-order valence-corrected chi connectivity index (χ3v) is 4.56. The molecule has 0 spiro atoms. The zero-order valence-electron chi connectivity index (χ0n) is 13.1. The lowest BCUT2D eigenvalue weighted by atomic mass is 9.85. The summed E-state index contributed by atoms with van der Waals surface area (Å²) in [5, 5.41) is 2.82. The monoisotopic (exact) mass is 288 g/mol. The van der Waals surface area contributed by atoms with Crippen molar-refractivity contribution in [1.82, 2.24) is 10.2 Å².